The smallest absolute Gasteiger partial charge is 0.232 e. The number of amides is 3. The molecule has 2 aliphatic rings. The number of hydrogen-bond donors (Lipinski definition) is 3. The molecule has 1 aliphatic heterocycles. The van der Waals surface area contributed by atoms with Crippen LogP contribution >= 0.6 is 0 Å². The van der Waals surface area contributed by atoms with Crippen LogP contribution in [0.2, 0.25) is 0 Å². The van der Waals surface area contributed by atoms with Gasteiger partial charge in [0.25, 0.3) is 0 Å². The fourth-order valence-electron chi connectivity index (χ4n) is 3.20. The second-order valence-electron chi connectivity index (χ2n) is 6.22. The molecule has 7 nitrogen and oxygen atoms in total. The zero-order valence-electron chi connectivity index (χ0n) is 13.8. The molecule has 3 rings (SSSR count). The van der Waals surface area contributed by atoms with Crippen molar-refractivity contribution in [1.29, 1.82) is 0 Å². The Hall–Kier alpha value is -2.96. The van der Waals surface area contributed by atoms with Crippen LogP contribution in [0.5, 0.6) is 0 Å². The molecule has 1 aromatic carbocycles. The number of benzene rings is 1. The van der Waals surface area contributed by atoms with E-state index in [4.69, 9.17) is 0 Å². The van der Waals surface area contributed by atoms with Crippen molar-refractivity contribution in [3.05, 3.63) is 35.5 Å². The standard InChI is InChI=1S/C18H19N3O4/c1-10(22)19-11-5-7-12(8-6-11)20-18(25)13-9-16(24)21-14-3-2-4-15(23)17(13)14/h5-8,13H,2-4,9H2,1H3,(H,19,22)(H,20,25)(H,21,24). The lowest BCUT2D eigenvalue weighted by Crippen LogP contribution is -2.41. The quantitative estimate of drug-likeness (QED) is 0.778. The van der Waals surface area contributed by atoms with E-state index >= 15 is 0 Å². The summed E-state index contributed by atoms with van der Waals surface area (Å²) in [5.74, 6) is -1.62. The summed E-state index contributed by atoms with van der Waals surface area (Å²) in [4.78, 5) is 47.7. The van der Waals surface area contributed by atoms with Crippen molar-refractivity contribution in [3.8, 4) is 0 Å². The number of Topliss-reactive ketones (excluding diaryl/α,β-unsaturated/α-hetero) is 1. The summed E-state index contributed by atoms with van der Waals surface area (Å²) in [6.07, 6.45) is 1.68. The number of nitrogens with one attached hydrogen (secondary N) is 3. The first-order valence-electron chi connectivity index (χ1n) is 8.18. The SMILES string of the molecule is CC(=O)Nc1ccc(NC(=O)C2CC(=O)NC3=C2C(=O)CCC3)cc1. The molecule has 0 radical (unpaired) electrons. The molecule has 1 unspecified atom stereocenters. The second kappa shape index (κ2) is 6.88. The fourth-order valence-corrected chi connectivity index (χ4v) is 3.20. The molecular formula is C18H19N3O4. The van der Waals surface area contributed by atoms with Gasteiger partial charge in [0, 0.05) is 42.4 Å². The summed E-state index contributed by atoms with van der Waals surface area (Å²) in [6, 6.07) is 6.65. The first-order chi connectivity index (χ1) is 11.9. The second-order valence-corrected chi connectivity index (χ2v) is 6.22. The third-order valence-corrected chi connectivity index (χ3v) is 4.27. The minimum absolute atomic E-state index is 0.0274. The molecule has 130 valence electrons. The summed E-state index contributed by atoms with van der Waals surface area (Å²) in [5, 5.41) is 8.11. The van der Waals surface area contributed by atoms with E-state index in [1.807, 2.05) is 0 Å². The minimum atomic E-state index is -0.758. The van der Waals surface area contributed by atoms with Crippen molar-refractivity contribution in [3.63, 3.8) is 0 Å². The lowest BCUT2D eigenvalue weighted by molar-refractivity contribution is -0.128. The van der Waals surface area contributed by atoms with Gasteiger partial charge in [-0.05, 0) is 37.1 Å². The van der Waals surface area contributed by atoms with Gasteiger partial charge in [-0.3, -0.25) is 19.2 Å². The van der Waals surface area contributed by atoms with Crippen molar-refractivity contribution >= 4 is 34.9 Å². The molecule has 7 heteroatoms. The molecule has 1 atom stereocenters. The van der Waals surface area contributed by atoms with Gasteiger partial charge in [-0.25, -0.2) is 0 Å². The summed E-state index contributed by atoms with van der Waals surface area (Å²) >= 11 is 0. The van der Waals surface area contributed by atoms with E-state index < -0.39 is 5.92 Å². The first kappa shape index (κ1) is 16.9. The molecule has 1 heterocycles. The summed E-state index contributed by atoms with van der Waals surface area (Å²) in [5.41, 5.74) is 2.19. The molecule has 0 aromatic heterocycles. The first-order valence-corrected chi connectivity index (χ1v) is 8.18. The largest absolute Gasteiger partial charge is 0.329 e. The molecule has 0 saturated carbocycles. The van der Waals surface area contributed by atoms with Crippen LogP contribution < -0.4 is 16.0 Å². The highest BCUT2D eigenvalue weighted by molar-refractivity contribution is 6.09. The lowest BCUT2D eigenvalue weighted by Gasteiger charge is -2.30. The third-order valence-electron chi connectivity index (χ3n) is 4.27. The molecule has 3 amide bonds. The predicted octanol–water partition coefficient (Wildman–Crippen LogP) is 1.73. The van der Waals surface area contributed by atoms with Gasteiger partial charge in [0.05, 0.1) is 5.92 Å². The number of allylic oxidation sites excluding steroid dienone is 1. The highest BCUT2D eigenvalue weighted by atomic mass is 16.2. The molecule has 25 heavy (non-hydrogen) atoms. The Labute approximate surface area is 144 Å². The molecule has 1 aliphatic carbocycles. The Kier molecular flexibility index (Phi) is 4.65. The van der Waals surface area contributed by atoms with E-state index in [9.17, 15) is 19.2 Å². The molecular weight excluding hydrogens is 322 g/mol. The highest BCUT2D eigenvalue weighted by Crippen LogP contribution is 2.32. The van der Waals surface area contributed by atoms with Crippen LogP contribution in [0.3, 0.4) is 0 Å². The average Bonchev–Trinajstić information content (AvgIpc) is 2.55. The topological polar surface area (TPSA) is 104 Å². The van der Waals surface area contributed by atoms with E-state index in [-0.39, 0.29) is 29.9 Å². The highest BCUT2D eigenvalue weighted by Gasteiger charge is 2.37. The van der Waals surface area contributed by atoms with Gasteiger partial charge in [0.2, 0.25) is 17.7 Å². The third kappa shape index (κ3) is 3.76. The van der Waals surface area contributed by atoms with Crippen molar-refractivity contribution in [2.24, 2.45) is 5.92 Å². The number of carbonyl (C=O) groups is 4. The molecule has 1 aromatic rings. The van der Waals surface area contributed by atoms with Crippen LogP contribution in [0, 0.1) is 5.92 Å². The Morgan fingerprint density at radius 2 is 1.68 bits per heavy atom. The van der Waals surface area contributed by atoms with Crippen molar-refractivity contribution in [2.45, 2.75) is 32.6 Å². The Bertz CT molecular complexity index is 780. The van der Waals surface area contributed by atoms with Gasteiger partial charge in [-0.15, -0.1) is 0 Å². The van der Waals surface area contributed by atoms with E-state index in [1.165, 1.54) is 6.92 Å². The number of hydrogen-bond acceptors (Lipinski definition) is 4. The van der Waals surface area contributed by atoms with E-state index in [2.05, 4.69) is 16.0 Å². The van der Waals surface area contributed by atoms with Gasteiger partial charge >= 0.3 is 0 Å². The zero-order valence-corrected chi connectivity index (χ0v) is 13.8. The lowest BCUT2D eigenvalue weighted by atomic mass is 9.81. The molecule has 0 spiro atoms. The molecule has 3 N–H and O–H groups in total. The maximum Gasteiger partial charge on any atom is 0.232 e. The minimum Gasteiger partial charge on any atom is -0.329 e. The average molecular weight is 341 g/mol. The van der Waals surface area contributed by atoms with Gasteiger partial charge in [0.15, 0.2) is 5.78 Å². The summed E-state index contributed by atoms with van der Waals surface area (Å²) in [6.45, 7) is 1.41. The molecule has 0 fully saturated rings. The van der Waals surface area contributed by atoms with E-state index in [1.54, 1.807) is 24.3 Å². The maximum atomic E-state index is 12.6. The Morgan fingerprint density at radius 3 is 2.32 bits per heavy atom. The summed E-state index contributed by atoms with van der Waals surface area (Å²) < 4.78 is 0. The Balaban J connectivity index is 1.76. The zero-order chi connectivity index (χ0) is 18.0. The van der Waals surface area contributed by atoms with Crippen LogP contribution in [0.15, 0.2) is 35.5 Å². The monoisotopic (exact) mass is 341 g/mol. The van der Waals surface area contributed by atoms with E-state index in [0.717, 1.165) is 0 Å². The number of ketones is 1. The van der Waals surface area contributed by atoms with Gasteiger partial charge in [-0.1, -0.05) is 0 Å². The van der Waals surface area contributed by atoms with Crippen molar-refractivity contribution in [2.75, 3.05) is 10.6 Å². The van der Waals surface area contributed by atoms with Crippen molar-refractivity contribution < 1.29 is 19.2 Å². The molecule has 0 bridgehead atoms. The van der Waals surface area contributed by atoms with Crippen LogP contribution in [0.4, 0.5) is 11.4 Å². The van der Waals surface area contributed by atoms with E-state index in [0.29, 0.717) is 41.9 Å². The summed E-state index contributed by atoms with van der Waals surface area (Å²) in [7, 11) is 0. The van der Waals surface area contributed by atoms with Crippen molar-refractivity contribution in [1.82, 2.24) is 5.32 Å². The van der Waals surface area contributed by atoms with Gasteiger partial charge in [0.1, 0.15) is 0 Å². The maximum absolute atomic E-state index is 12.6. The van der Waals surface area contributed by atoms with Crippen LogP contribution in [0.25, 0.3) is 0 Å². The fraction of sp³-hybridized carbons (Fsp3) is 0.333. The van der Waals surface area contributed by atoms with Crippen LogP contribution in [0.1, 0.15) is 32.6 Å². The van der Waals surface area contributed by atoms with Gasteiger partial charge < -0.3 is 16.0 Å². The van der Waals surface area contributed by atoms with Crippen LogP contribution in [-0.4, -0.2) is 23.5 Å². The number of carbonyl (C=O) groups excluding carboxylic acids is 4. The number of rotatable bonds is 3. The number of anilines is 2. The normalized spacial score (nSPS) is 19.8. The van der Waals surface area contributed by atoms with Crippen LogP contribution in [-0.2, 0) is 19.2 Å². The Morgan fingerprint density at radius 1 is 1.04 bits per heavy atom. The predicted molar refractivity (Wildman–Crippen MR) is 91.5 cm³/mol. The molecule has 0 saturated heterocycles. The van der Waals surface area contributed by atoms with Gasteiger partial charge in [-0.2, -0.15) is 0 Å².